The summed E-state index contributed by atoms with van der Waals surface area (Å²) < 4.78 is 46.0. The number of morpholine rings is 1. The normalized spacial score (nSPS) is 16.0. The SMILES string of the molecule is Cc1cc(N2CCOCC2)cc(C(F)(F)F)c1NC(=O)CC(C)(C)C. The van der Waals surface area contributed by atoms with Crippen LogP contribution >= 0.6 is 0 Å². The molecule has 1 aromatic carbocycles. The molecule has 1 amide bonds. The lowest BCUT2D eigenvalue weighted by atomic mass is 9.92. The molecular formula is C18H25F3N2O2. The number of benzene rings is 1. The Hall–Kier alpha value is -1.76. The minimum atomic E-state index is -4.54. The van der Waals surface area contributed by atoms with Gasteiger partial charge in [0, 0.05) is 25.2 Å². The number of alkyl halides is 3. The monoisotopic (exact) mass is 358 g/mol. The quantitative estimate of drug-likeness (QED) is 0.879. The lowest BCUT2D eigenvalue weighted by Crippen LogP contribution is -2.36. The first-order valence-corrected chi connectivity index (χ1v) is 8.32. The Morgan fingerprint density at radius 2 is 1.80 bits per heavy atom. The number of anilines is 2. The van der Waals surface area contributed by atoms with E-state index >= 15 is 0 Å². The van der Waals surface area contributed by atoms with E-state index in [-0.39, 0.29) is 17.5 Å². The molecule has 1 fully saturated rings. The van der Waals surface area contributed by atoms with Crippen LogP contribution in [-0.4, -0.2) is 32.2 Å². The number of carbonyl (C=O) groups excluding carboxylic acids is 1. The van der Waals surface area contributed by atoms with Crippen LogP contribution in [0.3, 0.4) is 0 Å². The Kier molecular flexibility index (Phi) is 5.66. The molecule has 7 heteroatoms. The largest absolute Gasteiger partial charge is 0.418 e. The average molecular weight is 358 g/mol. The fourth-order valence-corrected chi connectivity index (χ4v) is 2.83. The fourth-order valence-electron chi connectivity index (χ4n) is 2.83. The highest BCUT2D eigenvalue weighted by molar-refractivity contribution is 5.93. The predicted molar refractivity (Wildman–Crippen MR) is 91.9 cm³/mol. The third-order valence-corrected chi connectivity index (χ3v) is 3.96. The number of hydrogen-bond donors (Lipinski definition) is 1. The number of ether oxygens (including phenoxy) is 1. The molecular weight excluding hydrogens is 333 g/mol. The van der Waals surface area contributed by atoms with Crippen molar-refractivity contribution in [1.29, 1.82) is 0 Å². The third kappa shape index (κ3) is 5.36. The van der Waals surface area contributed by atoms with Crippen LogP contribution in [0.25, 0.3) is 0 Å². The summed E-state index contributed by atoms with van der Waals surface area (Å²) >= 11 is 0. The molecule has 1 saturated heterocycles. The standard InChI is InChI=1S/C18H25F3N2O2/c1-12-9-13(23-5-7-25-8-6-23)10-14(18(19,20)21)16(12)22-15(24)11-17(2,3)4/h9-10H,5-8,11H2,1-4H3,(H,22,24). The number of carbonyl (C=O) groups is 1. The number of aryl methyl sites for hydroxylation is 1. The van der Waals surface area contributed by atoms with Crippen LogP contribution in [0, 0.1) is 12.3 Å². The van der Waals surface area contributed by atoms with Gasteiger partial charge < -0.3 is 15.0 Å². The van der Waals surface area contributed by atoms with Crippen molar-refractivity contribution < 1.29 is 22.7 Å². The number of amides is 1. The molecule has 0 saturated carbocycles. The summed E-state index contributed by atoms with van der Waals surface area (Å²) in [6, 6.07) is 2.80. The lowest BCUT2D eigenvalue weighted by molar-refractivity contribution is -0.137. The predicted octanol–water partition coefficient (Wildman–Crippen LogP) is 4.23. The van der Waals surface area contributed by atoms with Gasteiger partial charge in [0.2, 0.25) is 5.91 Å². The third-order valence-electron chi connectivity index (χ3n) is 3.96. The Morgan fingerprint density at radius 1 is 1.20 bits per heavy atom. The molecule has 1 aliphatic heterocycles. The van der Waals surface area contributed by atoms with Crippen molar-refractivity contribution >= 4 is 17.3 Å². The summed E-state index contributed by atoms with van der Waals surface area (Å²) in [5.74, 6) is -0.416. The van der Waals surface area contributed by atoms with Crippen LogP contribution in [-0.2, 0) is 15.7 Å². The topological polar surface area (TPSA) is 41.6 Å². The first-order chi connectivity index (χ1) is 11.5. The molecule has 25 heavy (non-hydrogen) atoms. The van der Waals surface area contributed by atoms with E-state index in [2.05, 4.69) is 5.32 Å². The van der Waals surface area contributed by atoms with Gasteiger partial charge in [-0.1, -0.05) is 20.8 Å². The van der Waals surface area contributed by atoms with Crippen LogP contribution in [0.2, 0.25) is 0 Å². The van der Waals surface area contributed by atoms with Gasteiger partial charge in [-0.3, -0.25) is 4.79 Å². The van der Waals surface area contributed by atoms with Crippen molar-refractivity contribution in [3.8, 4) is 0 Å². The van der Waals surface area contributed by atoms with E-state index in [4.69, 9.17) is 4.74 Å². The molecule has 0 bridgehead atoms. The summed E-state index contributed by atoms with van der Waals surface area (Å²) in [5, 5.41) is 2.47. The van der Waals surface area contributed by atoms with Crippen LogP contribution in [0.15, 0.2) is 12.1 Å². The second kappa shape index (κ2) is 7.23. The number of rotatable bonds is 3. The molecule has 1 N–H and O–H groups in total. The summed E-state index contributed by atoms with van der Waals surface area (Å²) in [4.78, 5) is 14.0. The van der Waals surface area contributed by atoms with Crippen molar-refractivity contribution in [3.05, 3.63) is 23.3 Å². The smallest absolute Gasteiger partial charge is 0.378 e. The lowest BCUT2D eigenvalue weighted by Gasteiger charge is -2.30. The summed E-state index contributed by atoms with van der Waals surface area (Å²) in [6.45, 7) is 9.27. The second-order valence-electron chi connectivity index (χ2n) is 7.57. The summed E-state index contributed by atoms with van der Waals surface area (Å²) in [7, 11) is 0. The van der Waals surface area contributed by atoms with E-state index in [9.17, 15) is 18.0 Å². The van der Waals surface area contributed by atoms with E-state index in [1.54, 1.807) is 13.0 Å². The molecule has 0 radical (unpaired) electrons. The zero-order chi connectivity index (χ0) is 18.8. The van der Waals surface area contributed by atoms with Crippen molar-refractivity contribution in [2.45, 2.75) is 40.3 Å². The minimum Gasteiger partial charge on any atom is -0.378 e. The maximum atomic E-state index is 13.6. The molecule has 0 spiro atoms. The van der Waals surface area contributed by atoms with E-state index in [1.165, 1.54) is 0 Å². The first kappa shape index (κ1) is 19.6. The van der Waals surface area contributed by atoms with Crippen LogP contribution in [0.5, 0.6) is 0 Å². The minimum absolute atomic E-state index is 0.148. The van der Waals surface area contributed by atoms with Crippen molar-refractivity contribution in [2.24, 2.45) is 5.41 Å². The fraction of sp³-hybridized carbons (Fsp3) is 0.611. The molecule has 2 rings (SSSR count). The number of nitrogens with one attached hydrogen (secondary N) is 1. The highest BCUT2D eigenvalue weighted by atomic mass is 19.4. The van der Waals surface area contributed by atoms with Crippen molar-refractivity contribution in [1.82, 2.24) is 0 Å². The molecule has 1 aromatic rings. The molecule has 0 aliphatic carbocycles. The number of hydrogen-bond acceptors (Lipinski definition) is 3. The van der Waals surface area contributed by atoms with Gasteiger partial charge in [0.1, 0.15) is 0 Å². The molecule has 1 aliphatic rings. The molecule has 0 aromatic heterocycles. The van der Waals surface area contributed by atoms with E-state index in [0.29, 0.717) is 37.6 Å². The van der Waals surface area contributed by atoms with E-state index in [0.717, 1.165) is 6.07 Å². The van der Waals surface area contributed by atoms with Gasteiger partial charge in [0.25, 0.3) is 0 Å². The summed E-state index contributed by atoms with van der Waals surface area (Å²) in [5.41, 5.74) is -0.361. The van der Waals surface area contributed by atoms with Gasteiger partial charge in [0.15, 0.2) is 0 Å². The average Bonchev–Trinajstić information content (AvgIpc) is 2.47. The van der Waals surface area contributed by atoms with Crippen LogP contribution in [0.1, 0.15) is 38.3 Å². The van der Waals surface area contributed by atoms with Gasteiger partial charge in [-0.25, -0.2) is 0 Å². The van der Waals surface area contributed by atoms with Crippen LogP contribution < -0.4 is 10.2 Å². The van der Waals surface area contributed by atoms with Crippen LogP contribution in [0.4, 0.5) is 24.5 Å². The van der Waals surface area contributed by atoms with Gasteiger partial charge in [0.05, 0.1) is 24.5 Å². The molecule has 0 atom stereocenters. The van der Waals surface area contributed by atoms with Crippen molar-refractivity contribution in [3.63, 3.8) is 0 Å². The van der Waals surface area contributed by atoms with Gasteiger partial charge in [-0.2, -0.15) is 13.2 Å². The maximum Gasteiger partial charge on any atom is 0.418 e. The molecule has 0 unspecified atom stereocenters. The zero-order valence-corrected chi connectivity index (χ0v) is 15.1. The van der Waals surface area contributed by atoms with E-state index < -0.39 is 17.6 Å². The first-order valence-electron chi connectivity index (χ1n) is 8.32. The molecule has 1 heterocycles. The number of halogens is 3. The Morgan fingerprint density at radius 3 is 2.32 bits per heavy atom. The van der Waals surface area contributed by atoms with Gasteiger partial charge >= 0.3 is 6.18 Å². The Bertz CT molecular complexity index is 630. The Labute approximate surface area is 146 Å². The number of nitrogens with zero attached hydrogens (tertiary/aromatic N) is 1. The highest BCUT2D eigenvalue weighted by Crippen LogP contribution is 2.40. The second-order valence-corrected chi connectivity index (χ2v) is 7.57. The maximum absolute atomic E-state index is 13.6. The zero-order valence-electron chi connectivity index (χ0n) is 15.1. The van der Waals surface area contributed by atoms with Gasteiger partial charge in [-0.15, -0.1) is 0 Å². The summed E-state index contributed by atoms with van der Waals surface area (Å²) in [6.07, 6.45) is -4.40. The van der Waals surface area contributed by atoms with Gasteiger partial charge in [-0.05, 0) is 30.0 Å². The van der Waals surface area contributed by atoms with E-state index in [1.807, 2.05) is 25.7 Å². The molecule has 140 valence electrons. The van der Waals surface area contributed by atoms with Crippen molar-refractivity contribution in [2.75, 3.05) is 36.5 Å². The highest BCUT2D eigenvalue weighted by Gasteiger charge is 2.36. The molecule has 4 nitrogen and oxygen atoms in total. The Balaban J connectivity index is 2.36.